The minimum Gasteiger partial charge on any atom is -0.124 e. The van der Waals surface area contributed by atoms with E-state index >= 15 is 0 Å². The smallest absolute Gasteiger partial charge is 0.00162 e. The molecule has 0 aromatic carbocycles. The minimum atomic E-state index is 0.386. The van der Waals surface area contributed by atoms with Gasteiger partial charge in [-0.3, -0.25) is 0 Å². The Morgan fingerprint density at radius 2 is 1.75 bits per heavy atom. The summed E-state index contributed by atoms with van der Waals surface area (Å²) < 4.78 is 0. The molecule has 0 nitrogen and oxygen atoms in total. The van der Waals surface area contributed by atoms with E-state index in [1.54, 1.807) is 11.1 Å². The lowest BCUT2D eigenvalue weighted by Gasteiger charge is -2.61. The Morgan fingerprint density at radius 1 is 1.06 bits per heavy atom. The van der Waals surface area contributed by atoms with E-state index in [-0.39, 0.29) is 0 Å². The molecule has 4 rings (SSSR count). The van der Waals surface area contributed by atoms with Gasteiger partial charge in [0.1, 0.15) is 0 Å². The number of rotatable bonds is 5. The van der Waals surface area contributed by atoms with Crippen LogP contribution in [0.15, 0.2) is 35.5 Å². The molecule has 0 saturated heterocycles. The first-order chi connectivity index (χ1) is 15.0. The number of terminal acetylenes is 1. The van der Waals surface area contributed by atoms with Crippen LogP contribution in [-0.4, -0.2) is 0 Å². The quantitative estimate of drug-likeness (QED) is 0.298. The van der Waals surface area contributed by atoms with Gasteiger partial charge in [0.15, 0.2) is 0 Å². The van der Waals surface area contributed by atoms with Crippen molar-refractivity contribution in [2.75, 3.05) is 0 Å². The zero-order valence-electron chi connectivity index (χ0n) is 22.3. The molecule has 32 heavy (non-hydrogen) atoms. The molecule has 4 aliphatic carbocycles. The third-order valence-electron chi connectivity index (χ3n) is 11.4. The standard InChI is InChI=1S/C30H48.C2H2/c1-20(2)21(3)10-9-11-24-12-13-26-25-15-19-29(7)23(5)22(4)14-18-30(29,8)27(25)16-17-28(24,26)6;1-2/h15-16,20,22-24,26H,3,9-14,17-19H2,1-2,4-8H3;1-2H. The Bertz CT molecular complexity index is 790. The molecule has 0 heteroatoms. The van der Waals surface area contributed by atoms with Crippen molar-refractivity contribution < 1.29 is 0 Å². The van der Waals surface area contributed by atoms with E-state index in [9.17, 15) is 0 Å². The SMILES string of the molecule is C#C.C=C(CCCC1CCC2C3=CCC4(C)C(C)C(C)CCC4(C)C3=CCC12C)C(C)C. The van der Waals surface area contributed by atoms with Gasteiger partial charge in [0.05, 0.1) is 0 Å². The van der Waals surface area contributed by atoms with Crippen LogP contribution in [0.5, 0.6) is 0 Å². The van der Waals surface area contributed by atoms with Crippen LogP contribution in [0.2, 0.25) is 0 Å². The molecule has 178 valence electrons. The normalized spacial score (nSPS) is 42.6. The van der Waals surface area contributed by atoms with Gasteiger partial charge in [0.25, 0.3) is 0 Å². The predicted octanol–water partition coefficient (Wildman–Crippen LogP) is 9.39. The van der Waals surface area contributed by atoms with E-state index in [1.165, 1.54) is 63.4 Å². The van der Waals surface area contributed by atoms with E-state index in [0.29, 0.717) is 22.2 Å². The second-order valence-corrected chi connectivity index (χ2v) is 12.8. The topological polar surface area (TPSA) is 0 Å². The molecule has 0 heterocycles. The molecule has 0 N–H and O–H groups in total. The van der Waals surface area contributed by atoms with Crippen molar-refractivity contribution >= 4 is 0 Å². The summed E-state index contributed by atoms with van der Waals surface area (Å²) in [5.74, 6) is 4.03. The fourth-order valence-corrected chi connectivity index (χ4v) is 8.25. The second-order valence-electron chi connectivity index (χ2n) is 12.8. The van der Waals surface area contributed by atoms with E-state index in [2.05, 4.69) is 80.0 Å². The molecule has 0 bridgehead atoms. The van der Waals surface area contributed by atoms with Gasteiger partial charge >= 0.3 is 0 Å². The first kappa shape index (κ1) is 25.4. The predicted molar refractivity (Wildman–Crippen MR) is 141 cm³/mol. The van der Waals surface area contributed by atoms with Crippen molar-refractivity contribution in [2.24, 2.45) is 45.8 Å². The lowest BCUT2D eigenvalue weighted by atomic mass is 9.43. The number of fused-ring (bicyclic) bond motifs is 5. The Kier molecular flexibility index (Phi) is 7.30. The van der Waals surface area contributed by atoms with Gasteiger partial charge in [-0.2, -0.15) is 0 Å². The Balaban J connectivity index is 0.00000141. The summed E-state index contributed by atoms with van der Waals surface area (Å²) in [5.41, 5.74) is 6.33. The molecule has 0 amide bonds. The number of hydrogen-bond donors (Lipinski definition) is 0. The van der Waals surface area contributed by atoms with Crippen LogP contribution in [0.25, 0.3) is 0 Å². The van der Waals surface area contributed by atoms with E-state index in [1.807, 2.05) is 0 Å². The number of hydrogen-bond acceptors (Lipinski definition) is 0. The molecule has 7 atom stereocenters. The fraction of sp³-hybridized carbons (Fsp3) is 0.750. The summed E-state index contributed by atoms with van der Waals surface area (Å²) >= 11 is 0. The average Bonchev–Trinajstić information content (AvgIpc) is 3.11. The first-order valence-corrected chi connectivity index (χ1v) is 13.5. The summed E-state index contributed by atoms with van der Waals surface area (Å²) in [6, 6.07) is 0. The van der Waals surface area contributed by atoms with Crippen LogP contribution in [0.1, 0.15) is 106 Å². The minimum absolute atomic E-state index is 0.386. The molecule has 2 saturated carbocycles. The number of allylic oxidation sites excluding steroid dienone is 5. The molecule has 0 radical (unpaired) electrons. The van der Waals surface area contributed by atoms with E-state index in [4.69, 9.17) is 0 Å². The summed E-state index contributed by atoms with van der Waals surface area (Å²) in [6.45, 7) is 21.8. The van der Waals surface area contributed by atoms with Crippen LogP contribution in [0.4, 0.5) is 0 Å². The lowest BCUT2D eigenvalue weighted by molar-refractivity contribution is -0.0398. The van der Waals surface area contributed by atoms with Gasteiger partial charge in [-0.05, 0) is 115 Å². The van der Waals surface area contributed by atoms with Crippen LogP contribution in [0.3, 0.4) is 0 Å². The van der Waals surface area contributed by atoms with E-state index < -0.39 is 0 Å². The van der Waals surface area contributed by atoms with Gasteiger partial charge in [0.2, 0.25) is 0 Å². The summed E-state index contributed by atoms with van der Waals surface area (Å²) in [5, 5.41) is 0. The second kappa shape index (κ2) is 9.20. The highest BCUT2D eigenvalue weighted by Crippen LogP contribution is 2.69. The zero-order valence-corrected chi connectivity index (χ0v) is 22.3. The zero-order chi connectivity index (χ0) is 23.9. The molecule has 0 spiro atoms. The van der Waals surface area contributed by atoms with Gasteiger partial charge in [-0.1, -0.05) is 72.8 Å². The maximum Gasteiger partial charge on any atom is -0.00162 e. The van der Waals surface area contributed by atoms with Crippen molar-refractivity contribution in [3.8, 4) is 12.8 Å². The third kappa shape index (κ3) is 3.77. The molecule has 0 aromatic heterocycles. The molecular formula is C32H50. The van der Waals surface area contributed by atoms with Crippen molar-refractivity contribution in [1.82, 2.24) is 0 Å². The third-order valence-corrected chi connectivity index (χ3v) is 11.4. The average molecular weight is 435 g/mol. The van der Waals surface area contributed by atoms with Gasteiger partial charge < -0.3 is 0 Å². The van der Waals surface area contributed by atoms with Crippen molar-refractivity contribution in [1.29, 1.82) is 0 Å². The maximum atomic E-state index is 4.32. The van der Waals surface area contributed by atoms with Crippen LogP contribution >= 0.6 is 0 Å². The Hall–Kier alpha value is -1.22. The molecule has 4 aliphatic rings. The van der Waals surface area contributed by atoms with Crippen LogP contribution in [0, 0.1) is 58.7 Å². The molecular weight excluding hydrogens is 384 g/mol. The monoisotopic (exact) mass is 434 g/mol. The Morgan fingerprint density at radius 3 is 2.41 bits per heavy atom. The first-order valence-electron chi connectivity index (χ1n) is 13.5. The lowest BCUT2D eigenvalue weighted by Crippen LogP contribution is -2.52. The largest absolute Gasteiger partial charge is 0.124 e. The molecule has 0 aromatic rings. The van der Waals surface area contributed by atoms with Gasteiger partial charge in [-0.25, -0.2) is 0 Å². The van der Waals surface area contributed by atoms with Crippen LogP contribution < -0.4 is 0 Å². The van der Waals surface area contributed by atoms with Gasteiger partial charge in [0, 0.05) is 0 Å². The molecule has 7 unspecified atom stereocenters. The highest BCUT2D eigenvalue weighted by atomic mass is 14.6. The van der Waals surface area contributed by atoms with Crippen molar-refractivity contribution in [3.05, 3.63) is 35.5 Å². The maximum absolute atomic E-state index is 4.32. The summed E-state index contributed by atoms with van der Waals surface area (Å²) in [6.07, 6.45) is 25.7. The molecule has 0 aliphatic heterocycles. The van der Waals surface area contributed by atoms with Crippen molar-refractivity contribution in [3.63, 3.8) is 0 Å². The molecule has 2 fully saturated rings. The summed E-state index contributed by atoms with van der Waals surface area (Å²) in [7, 11) is 0. The summed E-state index contributed by atoms with van der Waals surface area (Å²) in [4.78, 5) is 0. The Labute approximate surface area is 200 Å². The highest BCUT2D eigenvalue weighted by molar-refractivity contribution is 5.47. The van der Waals surface area contributed by atoms with Crippen molar-refractivity contribution in [2.45, 2.75) is 106 Å². The van der Waals surface area contributed by atoms with Gasteiger partial charge in [-0.15, -0.1) is 12.8 Å². The van der Waals surface area contributed by atoms with E-state index in [0.717, 1.165) is 23.7 Å². The fourth-order valence-electron chi connectivity index (χ4n) is 8.25. The highest BCUT2D eigenvalue weighted by Gasteiger charge is 2.59. The van der Waals surface area contributed by atoms with Crippen LogP contribution in [-0.2, 0) is 0 Å².